The molecule has 10 heteroatoms. The van der Waals surface area contributed by atoms with E-state index < -0.39 is 0 Å². The minimum absolute atomic E-state index is 0.250. The molecule has 164 valence electrons. The van der Waals surface area contributed by atoms with E-state index in [-0.39, 0.29) is 10.8 Å². The molecule has 0 amide bonds. The lowest BCUT2D eigenvalue weighted by molar-refractivity contribution is 0.556. The molecule has 0 fully saturated rings. The van der Waals surface area contributed by atoms with Gasteiger partial charge in [-0.1, -0.05) is 47.6 Å². The van der Waals surface area contributed by atoms with E-state index in [9.17, 15) is 5.26 Å². The van der Waals surface area contributed by atoms with Crippen LogP contribution in [-0.4, -0.2) is 34.6 Å². The van der Waals surface area contributed by atoms with Gasteiger partial charge < -0.3 is 0 Å². The van der Waals surface area contributed by atoms with Crippen LogP contribution < -0.4 is 0 Å². The van der Waals surface area contributed by atoms with Gasteiger partial charge in [0.15, 0.2) is 17.3 Å². The van der Waals surface area contributed by atoms with E-state index in [1.165, 1.54) is 0 Å². The second kappa shape index (κ2) is 7.37. The van der Waals surface area contributed by atoms with Gasteiger partial charge in [0, 0.05) is 17.0 Å². The standard InChI is InChI=1S/C22H26N10/c1-13-25-20-16(18(22(5,6)7)30-32(20)28-13)26-27-19-14(12-23)17(21(2,3)4)29-31(19)15-10-8-9-11-24-15/h8-11,30H,1-7H3. The summed E-state index contributed by atoms with van der Waals surface area (Å²) < 4.78 is 3.17. The van der Waals surface area contributed by atoms with Gasteiger partial charge in [-0.15, -0.1) is 15.3 Å². The minimum atomic E-state index is -0.364. The molecular weight excluding hydrogens is 404 g/mol. The molecule has 4 heterocycles. The Kier molecular flexibility index (Phi) is 4.92. The number of aryl methyl sites for hydroxylation is 1. The average molecular weight is 431 g/mol. The van der Waals surface area contributed by atoms with Crippen molar-refractivity contribution in [2.24, 2.45) is 10.2 Å². The van der Waals surface area contributed by atoms with Crippen LogP contribution in [0.2, 0.25) is 0 Å². The van der Waals surface area contributed by atoms with Crippen LogP contribution in [0, 0.1) is 18.3 Å². The molecule has 0 aliphatic rings. The SMILES string of the molecule is Cc1nc2c(N=Nc3c(C#N)c(C(C)(C)C)nn3-c3ccccn3)c(C(C)(C)C)[nH]n2n1. The first-order valence-electron chi connectivity index (χ1n) is 10.3. The number of rotatable bonds is 3. The number of fused-ring (bicyclic) bond motifs is 1. The molecule has 0 saturated heterocycles. The molecule has 10 nitrogen and oxygen atoms in total. The summed E-state index contributed by atoms with van der Waals surface area (Å²) in [6.45, 7) is 14.0. The van der Waals surface area contributed by atoms with E-state index in [1.807, 2.05) is 45.9 Å². The molecule has 0 aromatic carbocycles. The number of aromatic amines is 1. The molecule has 4 aromatic heterocycles. The van der Waals surface area contributed by atoms with Gasteiger partial charge in [-0.25, -0.2) is 9.97 Å². The number of azo groups is 1. The van der Waals surface area contributed by atoms with E-state index in [4.69, 9.17) is 5.10 Å². The number of H-pyrrole nitrogens is 1. The predicted octanol–water partition coefficient (Wildman–Crippen LogP) is 4.83. The Bertz CT molecular complexity index is 1350. The van der Waals surface area contributed by atoms with Crippen molar-refractivity contribution < 1.29 is 0 Å². The number of nitriles is 1. The van der Waals surface area contributed by atoms with Crippen LogP contribution >= 0.6 is 0 Å². The Hall–Kier alpha value is -3.87. The minimum Gasteiger partial charge on any atom is -0.277 e. The fourth-order valence-electron chi connectivity index (χ4n) is 3.40. The summed E-state index contributed by atoms with van der Waals surface area (Å²) in [7, 11) is 0. The summed E-state index contributed by atoms with van der Waals surface area (Å²) in [5.41, 5.74) is 2.39. The summed E-state index contributed by atoms with van der Waals surface area (Å²) in [6.07, 6.45) is 1.67. The highest BCUT2D eigenvalue weighted by atomic mass is 15.5. The van der Waals surface area contributed by atoms with Crippen LogP contribution in [-0.2, 0) is 10.8 Å². The van der Waals surface area contributed by atoms with Gasteiger partial charge in [-0.2, -0.15) is 19.7 Å². The lowest BCUT2D eigenvalue weighted by atomic mass is 9.90. The number of hydrogen-bond donors (Lipinski definition) is 1. The Morgan fingerprint density at radius 3 is 2.38 bits per heavy atom. The van der Waals surface area contributed by atoms with Crippen molar-refractivity contribution in [1.82, 2.24) is 34.6 Å². The van der Waals surface area contributed by atoms with Crippen LogP contribution in [0.4, 0.5) is 11.5 Å². The zero-order chi connectivity index (χ0) is 23.3. The highest BCUT2D eigenvalue weighted by molar-refractivity contribution is 5.68. The molecule has 0 unspecified atom stereocenters. The van der Waals surface area contributed by atoms with Gasteiger partial charge in [-0.05, 0) is 19.1 Å². The number of nitrogens with zero attached hydrogens (tertiary/aromatic N) is 9. The van der Waals surface area contributed by atoms with Crippen LogP contribution in [0.25, 0.3) is 11.5 Å². The summed E-state index contributed by atoms with van der Waals surface area (Å²) in [5, 5.41) is 31.4. The number of aromatic nitrogens is 7. The van der Waals surface area contributed by atoms with E-state index >= 15 is 0 Å². The lowest BCUT2D eigenvalue weighted by Gasteiger charge is -2.16. The summed E-state index contributed by atoms with van der Waals surface area (Å²) in [5.74, 6) is 1.51. The molecule has 0 aliphatic carbocycles. The van der Waals surface area contributed by atoms with Crippen molar-refractivity contribution in [3.05, 3.63) is 47.2 Å². The van der Waals surface area contributed by atoms with Crippen molar-refractivity contribution in [3.8, 4) is 11.9 Å². The summed E-state index contributed by atoms with van der Waals surface area (Å²) in [6, 6.07) is 7.77. The predicted molar refractivity (Wildman–Crippen MR) is 120 cm³/mol. The van der Waals surface area contributed by atoms with E-state index in [0.29, 0.717) is 40.1 Å². The van der Waals surface area contributed by atoms with Crippen LogP contribution in [0.1, 0.15) is 64.3 Å². The fourth-order valence-corrected chi connectivity index (χ4v) is 3.40. The molecule has 4 rings (SSSR count). The smallest absolute Gasteiger partial charge is 0.203 e. The second-order valence-corrected chi connectivity index (χ2v) is 9.69. The molecule has 1 N–H and O–H groups in total. The normalized spacial score (nSPS) is 12.7. The topological polar surface area (TPSA) is 125 Å². The lowest BCUT2D eigenvalue weighted by Crippen LogP contribution is -2.14. The molecule has 32 heavy (non-hydrogen) atoms. The molecule has 0 radical (unpaired) electrons. The second-order valence-electron chi connectivity index (χ2n) is 9.69. The fraction of sp³-hybridized carbons (Fsp3) is 0.409. The third-order valence-corrected chi connectivity index (χ3v) is 4.92. The number of hydrogen-bond acceptors (Lipinski definition) is 7. The van der Waals surface area contributed by atoms with Crippen molar-refractivity contribution in [3.63, 3.8) is 0 Å². The van der Waals surface area contributed by atoms with E-state index in [1.54, 1.807) is 15.5 Å². The number of nitrogens with one attached hydrogen (secondary N) is 1. The molecule has 4 aromatic rings. The average Bonchev–Trinajstić information content (AvgIpc) is 3.36. The maximum Gasteiger partial charge on any atom is 0.203 e. The van der Waals surface area contributed by atoms with Gasteiger partial charge in [-0.3, -0.25) is 5.10 Å². The Morgan fingerprint density at radius 2 is 1.78 bits per heavy atom. The van der Waals surface area contributed by atoms with Gasteiger partial charge >= 0.3 is 0 Å². The van der Waals surface area contributed by atoms with E-state index in [2.05, 4.69) is 57.2 Å². The molecular formula is C22H26N10. The van der Waals surface area contributed by atoms with Crippen LogP contribution in [0.5, 0.6) is 0 Å². The maximum absolute atomic E-state index is 9.98. The van der Waals surface area contributed by atoms with Gasteiger partial charge in [0.25, 0.3) is 0 Å². The number of pyridine rings is 1. The van der Waals surface area contributed by atoms with Crippen molar-refractivity contribution in [1.29, 1.82) is 5.26 Å². The zero-order valence-corrected chi connectivity index (χ0v) is 19.3. The maximum atomic E-state index is 9.98. The van der Waals surface area contributed by atoms with Gasteiger partial charge in [0.05, 0.1) is 11.4 Å². The quantitative estimate of drug-likeness (QED) is 0.466. The van der Waals surface area contributed by atoms with Crippen molar-refractivity contribution in [2.45, 2.75) is 59.3 Å². The van der Waals surface area contributed by atoms with E-state index in [0.717, 1.165) is 5.69 Å². The molecule has 0 atom stereocenters. The first-order chi connectivity index (χ1) is 15.0. The zero-order valence-electron chi connectivity index (χ0n) is 19.3. The van der Waals surface area contributed by atoms with Crippen LogP contribution in [0.15, 0.2) is 34.6 Å². The third kappa shape index (κ3) is 3.66. The Morgan fingerprint density at radius 1 is 1.03 bits per heavy atom. The highest BCUT2D eigenvalue weighted by Crippen LogP contribution is 2.37. The van der Waals surface area contributed by atoms with Gasteiger partial charge in [0.1, 0.15) is 17.5 Å². The molecule has 0 aliphatic heterocycles. The monoisotopic (exact) mass is 430 g/mol. The summed E-state index contributed by atoms with van der Waals surface area (Å²) >= 11 is 0. The first-order valence-corrected chi connectivity index (χ1v) is 10.3. The third-order valence-electron chi connectivity index (χ3n) is 4.92. The highest BCUT2D eigenvalue weighted by Gasteiger charge is 2.29. The van der Waals surface area contributed by atoms with Crippen molar-refractivity contribution in [2.75, 3.05) is 0 Å². The Balaban J connectivity index is 1.96. The van der Waals surface area contributed by atoms with Gasteiger partial charge in [0.2, 0.25) is 5.65 Å². The molecule has 0 bridgehead atoms. The van der Waals surface area contributed by atoms with Crippen molar-refractivity contribution >= 4 is 17.2 Å². The molecule has 0 spiro atoms. The van der Waals surface area contributed by atoms with Crippen LogP contribution in [0.3, 0.4) is 0 Å². The Labute approximate surface area is 186 Å². The largest absolute Gasteiger partial charge is 0.277 e. The first kappa shape index (κ1) is 21.4. The molecule has 0 saturated carbocycles. The summed E-state index contributed by atoms with van der Waals surface area (Å²) in [4.78, 5) is 8.89.